The van der Waals surface area contributed by atoms with Crippen molar-refractivity contribution in [1.29, 1.82) is 0 Å². The van der Waals surface area contributed by atoms with Gasteiger partial charge in [-0.25, -0.2) is 4.79 Å². The van der Waals surface area contributed by atoms with Crippen LogP contribution >= 0.6 is 0 Å². The number of amides is 2. The third-order valence-electron chi connectivity index (χ3n) is 5.53. The van der Waals surface area contributed by atoms with E-state index in [1.807, 2.05) is 13.8 Å². The Kier molecular flexibility index (Phi) is 3.48. The molecule has 19 heavy (non-hydrogen) atoms. The van der Waals surface area contributed by atoms with Gasteiger partial charge in [0.15, 0.2) is 0 Å². The fourth-order valence-corrected chi connectivity index (χ4v) is 5.35. The second-order valence-electron chi connectivity index (χ2n) is 7.72. The average Bonchev–Trinajstić information content (AvgIpc) is 2.25. The van der Waals surface area contributed by atoms with Crippen LogP contribution in [-0.2, 0) is 0 Å². The predicted octanol–water partition coefficient (Wildman–Crippen LogP) is 3.30. The third kappa shape index (κ3) is 2.90. The van der Waals surface area contributed by atoms with Crippen LogP contribution in [0.5, 0.6) is 0 Å². The molecule has 4 bridgehead atoms. The molecule has 4 fully saturated rings. The summed E-state index contributed by atoms with van der Waals surface area (Å²) < 4.78 is 0. The highest BCUT2D eigenvalue weighted by atomic mass is 16.2. The van der Waals surface area contributed by atoms with Crippen molar-refractivity contribution in [2.75, 3.05) is 6.54 Å². The molecule has 0 aliphatic heterocycles. The van der Waals surface area contributed by atoms with Crippen molar-refractivity contribution in [2.24, 2.45) is 23.2 Å². The van der Waals surface area contributed by atoms with Gasteiger partial charge >= 0.3 is 6.03 Å². The molecule has 0 aromatic carbocycles. The quantitative estimate of drug-likeness (QED) is 0.803. The van der Waals surface area contributed by atoms with E-state index in [-0.39, 0.29) is 12.1 Å². The van der Waals surface area contributed by atoms with Gasteiger partial charge in [0.05, 0.1) is 0 Å². The van der Waals surface area contributed by atoms with Gasteiger partial charge < -0.3 is 10.6 Å². The van der Waals surface area contributed by atoms with Gasteiger partial charge in [0.1, 0.15) is 0 Å². The number of rotatable bonds is 4. The molecule has 2 amide bonds. The molecule has 0 saturated heterocycles. The Morgan fingerprint density at radius 2 is 1.63 bits per heavy atom. The van der Waals surface area contributed by atoms with Gasteiger partial charge in [-0.1, -0.05) is 0 Å². The Hall–Kier alpha value is -0.730. The van der Waals surface area contributed by atoms with E-state index < -0.39 is 0 Å². The van der Waals surface area contributed by atoms with E-state index >= 15 is 0 Å². The summed E-state index contributed by atoms with van der Waals surface area (Å²) in [6, 6.07) is 0.222. The van der Waals surface area contributed by atoms with Crippen molar-refractivity contribution >= 4 is 6.03 Å². The topological polar surface area (TPSA) is 41.1 Å². The largest absolute Gasteiger partial charge is 0.338 e. The van der Waals surface area contributed by atoms with E-state index in [2.05, 4.69) is 10.6 Å². The number of urea groups is 1. The summed E-state index contributed by atoms with van der Waals surface area (Å²) in [6.07, 6.45) is 10.0. The maximum atomic E-state index is 11.6. The first-order valence-corrected chi connectivity index (χ1v) is 8.09. The zero-order valence-corrected chi connectivity index (χ0v) is 12.4. The molecular weight excluding hydrogens is 236 g/mol. The normalized spacial score (nSPS) is 39.6. The van der Waals surface area contributed by atoms with Crippen LogP contribution in [0.15, 0.2) is 0 Å². The van der Waals surface area contributed by atoms with Crippen molar-refractivity contribution in [2.45, 2.75) is 64.8 Å². The van der Waals surface area contributed by atoms with E-state index in [9.17, 15) is 4.79 Å². The maximum absolute atomic E-state index is 11.6. The lowest BCUT2D eigenvalue weighted by atomic mass is 9.49. The van der Waals surface area contributed by atoms with Crippen LogP contribution in [0.4, 0.5) is 4.79 Å². The summed E-state index contributed by atoms with van der Waals surface area (Å²) in [5.74, 6) is 3.03. The van der Waals surface area contributed by atoms with Gasteiger partial charge in [-0.15, -0.1) is 0 Å². The fraction of sp³-hybridized carbons (Fsp3) is 0.938. The van der Waals surface area contributed by atoms with Crippen LogP contribution in [0.3, 0.4) is 0 Å². The lowest BCUT2D eigenvalue weighted by Crippen LogP contribution is -2.48. The number of hydrogen-bond donors (Lipinski definition) is 2. The highest BCUT2D eigenvalue weighted by Gasteiger charge is 2.50. The van der Waals surface area contributed by atoms with Crippen molar-refractivity contribution in [3.8, 4) is 0 Å². The first-order chi connectivity index (χ1) is 9.05. The first kappa shape index (κ1) is 13.3. The Morgan fingerprint density at radius 1 is 1.11 bits per heavy atom. The van der Waals surface area contributed by atoms with Crippen LogP contribution < -0.4 is 10.6 Å². The summed E-state index contributed by atoms with van der Waals surface area (Å²) in [6.45, 7) is 4.85. The molecule has 4 rings (SSSR count). The zero-order valence-electron chi connectivity index (χ0n) is 12.4. The maximum Gasteiger partial charge on any atom is 0.314 e. The summed E-state index contributed by atoms with van der Waals surface area (Å²) in [5.41, 5.74) is 0.583. The Bertz CT molecular complexity index is 315. The second-order valence-corrected chi connectivity index (χ2v) is 7.72. The summed E-state index contributed by atoms with van der Waals surface area (Å²) in [7, 11) is 0. The van der Waals surface area contributed by atoms with Gasteiger partial charge in [0.25, 0.3) is 0 Å². The Morgan fingerprint density at radius 3 is 2.11 bits per heavy atom. The highest BCUT2D eigenvalue weighted by Crippen LogP contribution is 2.61. The van der Waals surface area contributed by atoms with E-state index in [0.717, 1.165) is 24.3 Å². The van der Waals surface area contributed by atoms with Gasteiger partial charge in [-0.05, 0) is 82.0 Å². The van der Waals surface area contributed by atoms with Gasteiger partial charge in [0, 0.05) is 12.6 Å². The molecular formula is C16H28N2O. The fourth-order valence-electron chi connectivity index (χ4n) is 5.35. The molecule has 0 atom stereocenters. The smallest absolute Gasteiger partial charge is 0.314 e. The zero-order chi connectivity index (χ0) is 13.5. The van der Waals surface area contributed by atoms with E-state index in [0.29, 0.717) is 5.41 Å². The molecule has 4 aliphatic rings. The van der Waals surface area contributed by atoms with Crippen LogP contribution in [0, 0.1) is 23.2 Å². The molecule has 0 spiro atoms. The summed E-state index contributed by atoms with van der Waals surface area (Å²) in [5, 5.41) is 5.94. The number of hydrogen-bond acceptors (Lipinski definition) is 1. The lowest BCUT2D eigenvalue weighted by molar-refractivity contribution is -0.0563. The minimum atomic E-state index is -0.000252. The Labute approximate surface area is 116 Å². The van der Waals surface area contributed by atoms with Crippen LogP contribution in [-0.4, -0.2) is 18.6 Å². The van der Waals surface area contributed by atoms with Gasteiger partial charge in [-0.2, -0.15) is 0 Å². The average molecular weight is 264 g/mol. The van der Waals surface area contributed by atoms with E-state index in [1.165, 1.54) is 44.9 Å². The molecule has 108 valence electrons. The Balaban J connectivity index is 1.49. The molecule has 2 N–H and O–H groups in total. The lowest BCUT2D eigenvalue weighted by Gasteiger charge is -2.57. The molecule has 0 aromatic rings. The van der Waals surface area contributed by atoms with E-state index in [4.69, 9.17) is 0 Å². The molecule has 4 aliphatic carbocycles. The monoisotopic (exact) mass is 264 g/mol. The number of carbonyl (C=O) groups is 1. The van der Waals surface area contributed by atoms with Crippen LogP contribution in [0.25, 0.3) is 0 Å². The van der Waals surface area contributed by atoms with Crippen molar-refractivity contribution in [3.63, 3.8) is 0 Å². The SMILES string of the molecule is CC(C)NC(=O)NCCC12CC3CC(CC(C3)C1)C2. The third-order valence-corrected chi connectivity index (χ3v) is 5.53. The van der Waals surface area contributed by atoms with Crippen molar-refractivity contribution < 1.29 is 4.79 Å². The molecule has 3 heteroatoms. The first-order valence-electron chi connectivity index (χ1n) is 8.09. The van der Waals surface area contributed by atoms with Crippen molar-refractivity contribution in [1.82, 2.24) is 10.6 Å². The van der Waals surface area contributed by atoms with Crippen molar-refractivity contribution in [3.05, 3.63) is 0 Å². The summed E-state index contributed by atoms with van der Waals surface area (Å²) in [4.78, 5) is 11.6. The number of nitrogens with one attached hydrogen (secondary N) is 2. The molecule has 0 unspecified atom stereocenters. The molecule has 3 nitrogen and oxygen atoms in total. The van der Waals surface area contributed by atoms with Gasteiger partial charge in [0.2, 0.25) is 0 Å². The molecule has 0 radical (unpaired) electrons. The molecule has 0 aromatic heterocycles. The van der Waals surface area contributed by atoms with Gasteiger partial charge in [-0.3, -0.25) is 0 Å². The van der Waals surface area contributed by atoms with Crippen LogP contribution in [0.1, 0.15) is 58.8 Å². The second kappa shape index (κ2) is 4.99. The summed E-state index contributed by atoms with van der Waals surface area (Å²) >= 11 is 0. The standard InChI is InChI=1S/C16H28N2O/c1-11(2)18-15(19)17-4-3-16-8-12-5-13(9-16)7-14(6-12)10-16/h11-14H,3-10H2,1-2H3,(H2,17,18,19). The van der Waals surface area contributed by atoms with Crippen LogP contribution in [0.2, 0.25) is 0 Å². The van der Waals surface area contributed by atoms with E-state index in [1.54, 1.807) is 0 Å². The number of carbonyl (C=O) groups excluding carboxylic acids is 1. The molecule has 4 saturated carbocycles. The molecule has 0 heterocycles. The minimum absolute atomic E-state index is 0.000252. The highest BCUT2D eigenvalue weighted by molar-refractivity contribution is 5.74. The predicted molar refractivity (Wildman–Crippen MR) is 76.9 cm³/mol. The minimum Gasteiger partial charge on any atom is -0.338 e.